The van der Waals surface area contributed by atoms with Gasteiger partial charge >= 0.3 is 0 Å². The van der Waals surface area contributed by atoms with E-state index < -0.39 is 0 Å². The standard InChI is InChI=1S/C9H15IO2/c1-6-4-7(5-11-6)2-3-8-9(10)12-8/h6-9H,2-5H2,1H3. The van der Waals surface area contributed by atoms with Crippen LogP contribution in [0.4, 0.5) is 0 Å². The average molecular weight is 282 g/mol. The fourth-order valence-electron chi connectivity index (χ4n) is 1.83. The molecule has 0 N–H and O–H groups in total. The molecule has 0 bridgehead atoms. The van der Waals surface area contributed by atoms with Gasteiger partial charge in [0.1, 0.15) is 4.11 Å². The normalized spacial score (nSPS) is 46.5. The molecule has 0 radical (unpaired) electrons. The summed E-state index contributed by atoms with van der Waals surface area (Å²) >= 11 is 2.35. The lowest BCUT2D eigenvalue weighted by Gasteiger charge is -2.04. The lowest BCUT2D eigenvalue weighted by atomic mass is 9.99. The Labute approximate surface area is 87.1 Å². The molecule has 4 unspecified atom stereocenters. The summed E-state index contributed by atoms with van der Waals surface area (Å²) in [5, 5.41) is 0. The number of ether oxygens (including phenoxy) is 2. The Bertz CT molecular complexity index is 163. The number of halogens is 1. The highest BCUT2D eigenvalue weighted by molar-refractivity contribution is 14.1. The lowest BCUT2D eigenvalue weighted by molar-refractivity contribution is 0.119. The van der Waals surface area contributed by atoms with E-state index in [0.29, 0.717) is 16.3 Å². The molecular weight excluding hydrogens is 267 g/mol. The minimum atomic E-state index is 0.491. The maximum Gasteiger partial charge on any atom is 0.135 e. The van der Waals surface area contributed by atoms with Gasteiger partial charge in [-0.2, -0.15) is 0 Å². The van der Waals surface area contributed by atoms with E-state index in [4.69, 9.17) is 9.47 Å². The average Bonchev–Trinajstić information content (AvgIpc) is 2.56. The predicted molar refractivity (Wildman–Crippen MR) is 55.4 cm³/mol. The van der Waals surface area contributed by atoms with Gasteiger partial charge in [-0.1, -0.05) is 0 Å². The molecule has 0 spiro atoms. The van der Waals surface area contributed by atoms with E-state index in [1.54, 1.807) is 0 Å². The van der Waals surface area contributed by atoms with Crippen LogP contribution in [0.2, 0.25) is 0 Å². The van der Waals surface area contributed by atoms with E-state index in [1.807, 2.05) is 0 Å². The maximum absolute atomic E-state index is 5.50. The van der Waals surface area contributed by atoms with Crippen molar-refractivity contribution in [2.24, 2.45) is 5.92 Å². The van der Waals surface area contributed by atoms with Crippen LogP contribution in [0.3, 0.4) is 0 Å². The highest BCUT2D eigenvalue weighted by Gasteiger charge is 2.36. The molecule has 4 atom stereocenters. The maximum atomic E-state index is 5.50. The first kappa shape index (κ1) is 9.21. The summed E-state index contributed by atoms with van der Waals surface area (Å²) in [6, 6.07) is 0. The van der Waals surface area contributed by atoms with E-state index in [1.165, 1.54) is 19.3 Å². The number of epoxide rings is 1. The first-order valence-electron chi connectivity index (χ1n) is 4.67. The summed E-state index contributed by atoms with van der Waals surface area (Å²) < 4.78 is 11.4. The van der Waals surface area contributed by atoms with Crippen LogP contribution >= 0.6 is 22.6 Å². The van der Waals surface area contributed by atoms with Crippen molar-refractivity contribution < 1.29 is 9.47 Å². The molecule has 0 saturated carbocycles. The Morgan fingerprint density at radius 2 is 2.17 bits per heavy atom. The second-order valence-electron chi connectivity index (χ2n) is 3.85. The Balaban J connectivity index is 1.61. The van der Waals surface area contributed by atoms with E-state index in [-0.39, 0.29) is 0 Å². The number of hydrogen-bond donors (Lipinski definition) is 0. The third-order valence-corrected chi connectivity index (χ3v) is 3.76. The minimum absolute atomic E-state index is 0.491. The summed E-state index contributed by atoms with van der Waals surface area (Å²) in [6.07, 6.45) is 4.81. The van der Waals surface area contributed by atoms with Crippen molar-refractivity contribution in [2.75, 3.05) is 6.61 Å². The van der Waals surface area contributed by atoms with Crippen LogP contribution in [0, 0.1) is 5.92 Å². The van der Waals surface area contributed by atoms with E-state index >= 15 is 0 Å². The highest BCUT2D eigenvalue weighted by Crippen LogP contribution is 2.34. The topological polar surface area (TPSA) is 21.8 Å². The molecule has 3 heteroatoms. The second-order valence-corrected chi connectivity index (χ2v) is 5.08. The molecule has 2 aliphatic heterocycles. The molecule has 12 heavy (non-hydrogen) atoms. The van der Waals surface area contributed by atoms with Gasteiger partial charge < -0.3 is 9.47 Å². The van der Waals surface area contributed by atoms with Crippen LogP contribution in [0.25, 0.3) is 0 Å². The van der Waals surface area contributed by atoms with Gasteiger partial charge in [0.25, 0.3) is 0 Å². The van der Waals surface area contributed by atoms with Crippen LogP contribution in [-0.4, -0.2) is 22.9 Å². The van der Waals surface area contributed by atoms with Crippen molar-refractivity contribution in [1.82, 2.24) is 0 Å². The van der Waals surface area contributed by atoms with Crippen LogP contribution < -0.4 is 0 Å². The van der Waals surface area contributed by atoms with Crippen LogP contribution in [0.5, 0.6) is 0 Å². The van der Waals surface area contributed by atoms with Crippen molar-refractivity contribution in [1.29, 1.82) is 0 Å². The highest BCUT2D eigenvalue weighted by atomic mass is 127. The fraction of sp³-hybridized carbons (Fsp3) is 1.00. The molecule has 0 aromatic carbocycles. The molecule has 2 fully saturated rings. The number of rotatable bonds is 3. The van der Waals surface area contributed by atoms with Gasteiger partial charge in [0.2, 0.25) is 0 Å². The van der Waals surface area contributed by atoms with E-state index in [2.05, 4.69) is 29.5 Å². The smallest absolute Gasteiger partial charge is 0.135 e. The molecule has 0 aromatic rings. The zero-order chi connectivity index (χ0) is 8.55. The summed E-state index contributed by atoms with van der Waals surface area (Å²) in [7, 11) is 0. The van der Waals surface area contributed by atoms with Gasteiger partial charge in [-0.15, -0.1) is 0 Å². The van der Waals surface area contributed by atoms with Crippen molar-refractivity contribution in [2.45, 2.75) is 42.5 Å². The first-order chi connectivity index (χ1) is 5.75. The van der Waals surface area contributed by atoms with Gasteiger partial charge in [-0.3, -0.25) is 0 Å². The molecule has 2 rings (SSSR count). The number of hydrogen-bond acceptors (Lipinski definition) is 2. The third-order valence-electron chi connectivity index (χ3n) is 2.66. The first-order valence-corrected chi connectivity index (χ1v) is 5.91. The van der Waals surface area contributed by atoms with Gasteiger partial charge in [-0.25, -0.2) is 0 Å². The molecule has 0 aliphatic carbocycles. The summed E-state index contributed by atoms with van der Waals surface area (Å²) in [6.45, 7) is 3.13. The molecule has 70 valence electrons. The molecule has 2 nitrogen and oxygen atoms in total. The van der Waals surface area contributed by atoms with Crippen molar-refractivity contribution in [3.8, 4) is 0 Å². The molecular formula is C9H15IO2. The SMILES string of the molecule is CC1CC(CCC2OC2I)CO1. The Kier molecular flexibility index (Phi) is 2.92. The summed E-state index contributed by atoms with van der Waals surface area (Å²) in [4.78, 5) is 0. The van der Waals surface area contributed by atoms with E-state index in [0.717, 1.165) is 12.5 Å². The second kappa shape index (κ2) is 3.80. The molecule has 0 aromatic heterocycles. The van der Waals surface area contributed by atoms with E-state index in [9.17, 15) is 0 Å². The zero-order valence-electron chi connectivity index (χ0n) is 7.33. The van der Waals surface area contributed by atoms with Crippen molar-refractivity contribution >= 4 is 22.6 Å². The summed E-state index contributed by atoms with van der Waals surface area (Å²) in [5.74, 6) is 0.799. The molecule has 0 amide bonds. The van der Waals surface area contributed by atoms with Crippen LogP contribution in [0.15, 0.2) is 0 Å². The van der Waals surface area contributed by atoms with Gasteiger partial charge in [0, 0.05) is 6.61 Å². The zero-order valence-corrected chi connectivity index (χ0v) is 9.49. The Morgan fingerprint density at radius 1 is 1.42 bits per heavy atom. The monoisotopic (exact) mass is 282 g/mol. The largest absolute Gasteiger partial charge is 0.378 e. The summed E-state index contributed by atoms with van der Waals surface area (Å²) in [5.41, 5.74) is 0. The van der Waals surface area contributed by atoms with Crippen LogP contribution in [-0.2, 0) is 9.47 Å². The molecule has 2 heterocycles. The molecule has 2 aliphatic rings. The van der Waals surface area contributed by atoms with Crippen LogP contribution in [0.1, 0.15) is 26.2 Å². The van der Waals surface area contributed by atoms with Gasteiger partial charge in [-0.05, 0) is 54.7 Å². The fourth-order valence-corrected chi connectivity index (χ4v) is 2.56. The van der Waals surface area contributed by atoms with Crippen molar-refractivity contribution in [3.05, 3.63) is 0 Å². The predicted octanol–water partition coefficient (Wildman–Crippen LogP) is 2.35. The van der Waals surface area contributed by atoms with Gasteiger partial charge in [0.05, 0.1) is 12.2 Å². The third kappa shape index (κ3) is 2.33. The Morgan fingerprint density at radius 3 is 2.67 bits per heavy atom. The van der Waals surface area contributed by atoms with Gasteiger partial charge in [0.15, 0.2) is 0 Å². The quantitative estimate of drug-likeness (QED) is 0.450. The Hall–Kier alpha value is 0.650. The number of alkyl halides is 1. The minimum Gasteiger partial charge on any atom is -0.378 e. The lowest BCUT2D eigenvalue weighted by Crippen LogP contribution is -2.01. The van der Waals surface area contributed by atoms with Crippen molar-refractivity contribution in [3.63, 3.8) is 0 Å². The molecule has 2 saturated heterocycles.